The van der Waals surface area contributed by atoms with Crippen molar-refractivity contribution in [3.05, 3.63) is 75.6 Å². The largest absolute Gasteiger partial charge is 0.293 e. The van der Waals surface area contributed by atoms with Crippen LogP contribution in [0.1, 0.15) is 10.4 Å². The van der Waals surface area contributed by atoms with Crippen molar-refractivity contribution in [3.8, 4) is 5.69 Å². The number of nitrogens with zero attached hydrogens (tertiary/aromatic N) is 4. The van der Waals surface area contributed by atoms with Gasteiger partial charge in [0, 0.05) is 10.6 Å². The summed E-state index contributed by atoms with van der Waals surface area (Å²) in [6, 6.07) is 12.1. The molecule has 0 fully saturated rings. The molecule has 0 N–H and O–H groups in total. The van der Waals surface area contributed by atoms with E-state index in [1.165, 1.54) is 18.1 Å². The van der Waals surface area contributed by atoms with Crippen LogP contribution >= 0.6 is 46.6 Å². The summed E-state index contributed by atoms with van der Waals surface area (Å²) in [6.07, 6.45) is 3.15. The zero-order valence-corrected chi connectivity index (χ0v) is 17.2. The number of benzene rings is 2. The fraction of sp³-hybridized carbons (Fsp3) is 0.0526. The van der Waals surface area contributed by atoms with Crippen LogP contribution in [-0.2, 0) is 0 Å². The van der Waals surface area contributed by atoms with Crippen molar-refractivity contribution in [1.29, 1.82) is 0 Å². The van der Waals surface area contributed by atoms with Crippen LogP contribution in [0.5, 0.6) is 0 Å². The molecule has 4 aromatic rings. The Balaban J connectivity index is 1.58. The number of halogens is 3. The predicted molar refractivity (Wildman–Crippen MR) is 113 cm³/mol. The highest BCUT2D eigenvalue weighted by molar-refractivity contribution is 8.00. The Kier molecular flexibility index (Phi) is 5.55. The Bertz CT molecular complexity index is 1180. The summed E-state index contributed by atoms with van der Waals surface area (Å²) in [5, 5.41) is 7.26. The number of Topliss-reactive ketones (excluding diaryl/α,β-unsaturated/α-hetero) is 1. The molecule has 0 atom stereocenters. The minimum absolute atomic E-state index is 0.0691. The molecule has 0 aliphatic rings. The van der Waals surface area contributed by atoms with Crippen LogP contribution in [0.4, 0.5) is 0 Å². The van der Waals surface area contributed by atoms with Gasteiger partial charge in [0.15, 0.2) is 11.4 Å². The van der Waals surface area contributed by atoms with Gasteiger partial charge in [-0.3, -0.25) is 4.79 Å². The van der Waals surface area contributed by atoms with Gasteiger partial charge in [-0.1, -0.05) is 46.6 Å². The van der Waals surface area contributed by atoms with E-state index in [0.717, 1.165) is 11.1 Å². The zero-order valence-electron chi connectivity index (χ0n) is 14.1. The number of carbonyl (C=O) groups excluding carboxylic acids is 1. The number of thioether (sulfide) groups is 1. The van der Waals surface area contributed by atoms with Gasteiger partial charge in [-0.05, 0) is 42.5 Å². The van der Waals surface area contributed by atoms with Crippen LogP contribution in [0.2, 0.25) is 15.1 Å². The van der Waals surface area contributed by atoms with Crippen LogP contribution in [-0.4, -0.2) is 31.3 Å². The molecule has 4 rings (SSSR count). The maximum Gasteiger partial charge on any atom is 0.173 e. The fourth-order valence-corrected chi connectivity index (χ4v) is 3.88. The summed E-state index contributed by atoms with van der Waals surface area (Å²) in [7, 11) is 0. The van der Waals surface area contributed by atoms with Gasteiger partial charge in [0.1, 0.15) is 11.4 Å². The second-order valence-corrected chi connectivity index (χ2v) is 8.00. The predicted octanol–water partition coefficient (Wildman–Crippen LogP) is 5.75. The number of aromatic nitrogens is 4. The summed E-state index contributed by atoms with van der Waals surface area (Å²) in [5.41, 5.74) is 1.99. The van der Waals surface area contributed by atoms with Crippen molar-refractivity contribution >= 4 is 63.4 Å². The van der Waals surface area contributed by atoms with Crippen LogP contribution < -0.4 is 0 Å². The Morgan fingerprint density at radius 2 is 1.79 bits per heavy atom. The van der Waals surface area contributed by atoms with Crippen LogP contribution in [0, 0.1) is 0 Å². The molecular formula is C19H11Cl3N4OS. The average Bonchev–Trinajstić information content (AvgIpc) is 3.13. The van der Waals surface area contributed by atoms with Gasteiger partial charge in [0.2, 0.25) is 0 Å². The SMILES string of the molecule is O=C(CSc1ncnc2c1cnn2-c1ccc(Cl)cc1)c1ccc(Cl)c(Cl)c1. The number of rotatable bonds is 5. The molecule has 0 spiro atoms. The van der Waals surface area contributed by atoms with Gasteiger partial charge >= 0.3 is 0 Å². The topological polar surface area (TPSA) is 60.7 Å². The van der Waals surface area contributed by atoms with Crippen LogP contribution in [0.25, 0.3) is 16.7 Å². The molecule has 28 heavy (non-hydrogen) atoms. The van der Waals surface area contributed by atoms with E-state index in [9.17, 15) is 4.79 Å². The molecule has 0 unspecified atom stereocenters. The molecule has 2 heterocycles. The first-order valence-corrected chi connectivity index (χ1v) is 10.2. The Hall–Kier alpha value is -2.12. The van der Waals surface area contributed by atoms with Gasteiger partial charge in [0.25, 0.3) is 0 Å². The molecule has 0 radical (unpaired) electrons. The second kappa shape index (κ2) is 8.09. The van der Waals surface area contributed by atoms with E-state index >= 15 is 0 Å². The summed E-state index contributed by atoms with van der Waals surface area (Å²) < 4.78 is 1.71. The molecule has 140 valence electrons. The minimum atomic E-state index is -0.0691. The maximum atomic E-state index is 12.5. The molecule has 9 heteroatoms. The van der Waals surface area contributed by atoms with E-state index in [1.807, 2.05) is 12.1 Å². The number of carbonyl (C=O) groups is 1. The number of hydrogen-bond acceptors (Lipinski definition) is 5. The number of hydrogen-bond donors (Lipinski definition) is 0. The minimum Gasteiger partial charge on any atom is -0.293 e. The lowest BCUT2D eigenvalue weighted by atomic mass is 10.1. The van der Waals surface area contributed by atoms with Gasteiger partial charge in [-0.25, -0.2) is 14.6 Å². The van der Waals surface area contributed by atoms with E-state index < -0.39 is 0 Å². The first kappa shape index (κ1) is 19.2. The molecule has 0 aliphatic heterocycles. The Morgan fingerprint density at radius 3 is 2.54 bits per heavy atom. The van der Waals surface area contributed by atoms with Crippen LogP contribution in [0.15, 0.2) is 60.0 Å². The molecule has 5 nitrogen and oxygen atoms in total. The monoisotopic (exact) mass is 448 g/mol. The van der Waals surface area contributed by atoms with Crippen molar-refractivity contribution in [2.45, 2.75) is 5.03 Å². The lowest BCUT2D eigenvalue weighted by molar-refractivity contribution is 0.102. The molecule has 0 bridgehead atoms. The molecule has 0 amide bonds. The summed E-state index contributed by atoms with van der Waals surface area (Å²) in [5.74, 6) is 0.136. The van der Waals surface area contributed by atoms with E-state index in [4.69, 9.17) is 34.8 Å². The summed E-state index contributed by atoms with van der Waals surface area (Å²) in [6.45, 7) is 0. The lowest BCUT2D eigenvalue weighted by Gasteiger charge is -2.05. The zero-order chi connectivity index (χ0) is 19.7. The van der Waals surface area contributed by atoms with Gasteiger partial charge in [-0.15, -0.1) is 0 Å². The van der Waals surface area contributed by atoms with Gasteiger partial charge < -0.3 is 0 Å². The summed E-state index contributed by atoms with van der Waals surface area (Å²) in [4.78, 5) is 21.1. The molecule has 2 aromatic carbocycles. The standard InChI is InChI=1S/C19H11Cl3N4OS/c20-12-2-4-13(5-3-12)26-18-14(8-25-26)19(24-10-23-18)28-9-17(27)11-1-6-15(21)16(22)7-11/h1-8,10H,9H2. The first-order chi connectivity index (χ1) is 13.5. The van der Waals surface area contributed by atoms with E-state index in [1.54, 1.807) is 41.2 Å². The Labute approximate surface area is 179 Å². The van der Waals surface area contributed by atoms with Crippen molar-refractivity contribution in [3.63, 3.8) is 0 Å². The van der Waals surface area contributed by atoms with Crippen LogP contribution in [0.3, 0.4) is 0 Å². The van der Waals surface area contributed by atoms with Crippen molar-refractivity contribution in [2.24, 2.45) is 0 Å². The highest BCUT2D eigenvalue weighted by Gasteiger charge is 2.14. The highest BCUT2D eigenvalue weighted by atomic mass is 35.5. The van der Waals surface area contributed by atoms with E-state index in [0.29, 0.717) is 31.3 Å². The quantitative estimate of drug-likeness (QED) is 0.220. The van der Waals surface area contributed by atoms with Crippen molar-refractivity contribution in [1.82, 2.24) is 19.7 Å². The van der Waals surface area contributed by atoms with Gasteiger partial charge in [0.05, 0.1) is 33.1 Å². The van der Waals surface area contributed by atoms with Crippen molar-refractivity contribution < 1.29 is 4.79 Å². The maximum absolute atomic E-state index is 12.5. The molecule has 0 saturated heterocycles. The third-order valence-electron chi connectivity index (χ3n) is 3.98. The molecule has 0 saturated carbocycles. The molecule has 0 aliphatic carbocycles. The number of ketones is 1. The summed E-state index contributed by atoms with van der Waals surface area (Å²) >= 11 is 19.2. The third kappa shape index (κ3) is 3.86. The normalized spacial score (nSPS) is 11.1. The smallest absolute Gasteiger partial charge is 0.173 e. The Morgan fingerprint density at radius 1 is 1.00 bits per heavy atom. The third-order valence-corrected chi connectivity index (χ3v) is 5.98. The lowest BCUT2D eigenvalue weighted by Crippen LogP contribution is -2.03. The number of fused-ring (bicyclic) bond motifs is 1. The molecular weight excluding hydrogens is 439 g/mol. The van der Waals surface area contributed by atoms with Crippen molar-refractivity contribution in [2.75, 3.05) is 5.75 Å². The molecule has 2 aromatic heterocycles. The van der Waals surface area contributed by atoms with Gasteiger partial charge in [-0.2, -0.15) is 5.10 Å². The van der Waals surface area contributed by atoms with E-state index in [2.05, 4.69) is 15.1 Å². The highest BCUT2D eigenvalue weighted by Crippen LogP contribution is 2.28. The average molecular weight is 450 g/mol. The second-order valence-electron chi connectivity index (χ2n) is 5.79. The first-order valence-electron chi connectivity index (χ1n) is 8.08. The van der Waals surface area contributed by atoms with E-state index in [-0.39, 0.29) is 11.5 Å². The fourth-order valence-electron chi connectivity index (χ4n) is 2.60.